The molecule has 2 aromatic carbocycles. The van der Waals surface area contributed by atoms with Crippen molar-refractivity contribution in [3.63, 3.8) is 0 Å². The zero-order valence-corrected chi connectivity index (χ0v) is 13.7. The number of carboxylic acids is 1. The average molecular weight is 332 g/mol. The van der Waals surface area contributed by atoms with Crippen molar-refractivity contribution >= 4 is 29.2 Å². The highest BCUT2D eigenvalue weighted by atomic mass is 35.5. The summed E-state index contributed by atoms with van der Waals surface area (Å²) in [7, 11) is 0. The van der Waals surface area contributed by atoms with Gasteiger partial charge in [0.1, 0.15) is 0 Å². The molecule has 0 aliphatic carbocycles. The molecule has 0 saturated carbocycles. The van der Waals surface area contributed by atoms with Gasteiger partial charge in [-0.3, -0.25) is 4.79 Å². The second-order valence-electron chi connectivity index (χ2n) is 5.58. The second kappa shape index (κ2) is 7.29. The number of aromatic carboxylic acids is 1. The molecule has 4 nitrogen and oxygen atoms in total. The number of carbonyl (C=O) groups is 2. The van der Waals surface area contributed by atoms with E-state index in [0.29, 0.717) is 11.4 Å². The van der Waals surface area contributed by atoms with Crippen LogP contribution in [0.3, 0.4) is 0 Å². The van der Waals surface area contributed by atoms with E-state index in [9.17, 15) is 14.7 Å². The van der Waals surface area contributed by atoms with Gasteiger partial charge in [0.2, 0.25) is 5.91 Å². The molecule has 1 atom stereocenters. The van der Waals surface area contributed by atoms with Crippen molar-refractivity contribution in [1.29, 1.82) is 0 Å². The number of carboxylic acid groups (broad SMARTS) is 1. The molecule has 23 heavy (non-hydrogen) atoms. The third-order valence-electron chi connectivity index (χ3n) is 3.58. The zero-order chi connectivity index (χ0) is 17.0. The predicted octanol–water partition coefficient (Wildman–Crippen LogP) is 4.16. The van der Waals surface area contributed by atoms with E-state index in [2.05, 4.69) is 5.32 Å². The van der Waals surface area contributed by atoms with Crippen LogP contribution in [-0.4, -0.2) is 17.0 Å². The van der Waals surface area contributed by atoms with Gasteiger partial charge in [-0.05, 0) is 37.1 Å². The minimum absolute atomic E-state index is 0.0200. The quantitative estimate of drug-likeness (QED) is 0.864. The van der Waals surface area contributed by atoms with Crippen molar-refractivity contribution < 1.29 is 14.7 Å². The van der Waals surface area contributed by atoms with Crippen LogP contribution in [0.1, 0.15) is 28.4 Å². The summed E-state index contributed by atoms with van der Waals surface area (Å²) in [5.41, 5.74) is 2.46. The van der Waals surface area contributed by atoms with E-state index in [1.807, 2.05) is 38.1 Å². The second-order valence-corrected chi connectivity index (χ2v) is 6.01. The van der Waals surface area contributed by atoms with Crippen LogP contribution in [0.2, 0.25) is 5.02 Å². The lowest BCUT2D eigenvalue weighted by Crippen LogP contribution is -2.23. The van der Waals surface area contributed by atoms with E-state index in [1.54, 1.807) is 6.07 Å². The van der Waals surface area contributed by atoms with E-state index in [1.165, 1.54) is 12.1 Å². The van der Waals surface area contributed by atoms with Gasteiger partial charge in [-0.25, -0.2) is 4.79 Å². The number of nitrogens with one attached hydrogen (secondary N) is 1. The number of aryl methyl sites for hydroxylation is 1. The highest BCUT2D eigenvalue weighted by Gasteiger charge is 2.17. The molecule has 120 valence electrons. The van der Waals surface area contributed by atoms with Crippen LogP contribution in [-0.2, 0) is 11.2 Å². The third-order valence-corrected chi connectivity index (χ3v) is 3.82. The summed E-state index contributed by atoms with van der Waals surface area (Å²) in [6.07, 6.45) is 0.585. The number of anilines is 1. The standard InChI is InChI=1S/C18H18ClNO3/c1-11-3-5-13(6-4-11)9-12(2)17(21)20-16-8-7-14(19)10-15(16)18(22)23/h3-8,10,12H,9H2,1-2H3,(H,20,21)(H,22,23). The number of hydrogen-bond donors (Lipinski definition) is 2. The van der Waals surface area contributed by atoms with Gasteiger partial charge in [0.05, 0.1) is 11.3 Å². The molecule has 0 aromatic heterocycles. The molecule has 0 bridgehead atoms. The molecule has 0 saturated heterocycles. The maximum atomic E-state index is 12.3. The first kappa shape index (κ1) is 17.0. The van der Waals surface area contributed by atoms with Crippen molar-refractivity contribution in [2.45, 2.75) is 20.3 Å². The Labute approximate surface area is 140 Å². The first-order chi connectivity index (χ1) is 10.9. The van der Waals surface area contributed by atoms with Gasteiger partial charge in [-0.15, -0.1) is 0 Å². The lowest BCUT2D eigenvalue weighted by atomic mass is 9.99. The highest BCUT2D eigenvalue weighted by molar-refractivity contribution is 6.31. The smallest absolute Gasteiger partial charge is 0.337 e. The maximum Gasteiger partial charge on any atom is 0.337 e. The lowest BCUT2D eigenvalue weighted by Gasteiger charge is -2.14. The third kappa shape index (κ3) is 4.57. The normalized spacial score (nSPS) is 11.8. The lowest BCUT2D eigenvalue weighted by molar-refractivity contribution is -0.119. The van der Waals surface area contributed by atoms with E-state index in [4.69, 9.17) is 11.6 Å². The highest BCUT2D eigenvalue weighted by Crippen LogP contribution is 2.22. The average Bonchev–Trinajstić information content (AvgIpc) is 2.51. The number of rotatable bonds is 5. The molecule has 2 rings (SSSR count). The first-order valence-electron chi connectivity index (χ1n) is 7.26. The molecule has 0 aliphatic heterocycles. The van der Waals surface area contributed by atoms with Gasteiger partial charge in [-0.2, -0.15) is 0 Å². The molecule has 5 heteroatoms. The molecule has 1 unspecified atom stereocenters. The van der Waals surface area contributed by atoms with Crippen LogP contribution >= 0.6 is 11.6 Å². The van der Waals surface area contributed by atoms with Crippen molar-refractivity contribution in [3.05, 3.63) is 64.2 Å². The fourth-order valence-electron chi connectivity index (χ4n) is 2.23. The number of hydrogen-bond acceptors (Lipinski definition) is 2. The number of halogens is 1. The Morgan fingerprint density at radius 2 is 1.83 bits per heavy atom. The molecule has 2 N–H and O–H groups in total. The van der Waals surface area contributed by atoms with Crippen LogP contribution in [0.15, 0.2) is 42.5 Å². The van der Waals surface area contributed by atoms with Crippen LogP contribution in [0, 0.1) is 12.8 Å². The molecule has 0 heterocycles. The molecule has 0 radical (unpaired) electrons. The number of benzene rings is 2. The number of carbonyl (C=O) groups excluding carboxylic acids is 1. The van der Waals surface area contributed by atoms with Crippen molar-refractivity contribution in [3.8, 4) is 0 Å². The minimum atomic E-state index is -1.13. The number of amides is 1. The first-order valence-corrected chi connectivity index (χ1v) is 7.64. The summed E-state index contributed by atoms with van der Waals surface area (Å²) in [5.74, 6) is -1.64. The summed E-state index contributed by atoms with van der Waals surface area (Å²) in [4.78, 5) is 23.5. The molecule has 0 fully saturated rings. The van der Waals surface area contributed by atoms with E-state index in [-0.39, 0.29) is 23.1 Å². The Kier molecular flexibility index (Phi) is 5.40. The van der Waals surface area contributed by atoms with Gasteiger partial charge in [0.15, 0.2) is 0 Å². The van der Waals surface area contributed by atoms with Crippen LogP contribution in [0.4, 0.5) is 5.69 Å². The molecular weight excluding hydrogens is 314 g/mol. The van der Waals surface area contributed by atoms with Crippen molar-refractivity contribution in [2.24, 2.45) is 5.92 Å². The molecule has 2 aromatic rings. The molecule has 0 spiro atoms. The maximum absolute atomic E-state index is 12.3. The fourth-order valence-corrected chi connectivity index (χ4v) is 2.40. The Balaban J connectivity index is 2.09. The molecule has 1 amide bonds. The largest absolute Gasteiger partial charge is 0.478 e. The summed E-state index contributed by atoms with van der Waals surface area (Å²) in [6, 6.07) is 12.4. The fraction of sp³-hybridized carbons (Fsp3) is 0.222. The van der Waals surface area contributed by atoms with Crippen LogP contribution < -0.4 is 5.32 Å². The predicted molar refractivity (Wildman–Crippen MR) is 91.1 cm³/mol. The van der Waals surface area contributed by atoms with E-state index in [0.717, 1.165) is 11.1 Å². The molecule has 0 aliphatic rings. The molecular formula is C18H18ClNO3. The Hall–Kier alpha value is -2.33. The van der Waals surface area contributed by atoms with Gasteiger partial charge >= 0.3 is 5.97 Å². The summed E-state index contributed by atoms with van der Waals surface area (Å²) in [5, 5.41) is 12.2. The Bertz CT molecular complexity index is 726. The van der Waals surface area contributed by atoms with Gasteiger partial charge in [0, 0.05) is 10.9 Å². The van der Waals surface area contributed by atoms with Gasteiger partial charge in [0.25, 0.3) is 0 Å². The SMILES string of the molecule is Cc1ccc(CC(C)C(=O)Nc2ccc(Cl)cc2C(=O)O)cc1. The van der Waals surface area contributed by atoms with Gasteiger partial charge in [-0.1, -0.05) is 48.4 Å². The van der Waals surface area contributed by atoms with Gasteiger partial charge < -0.3 is 10.4 Å². The van der Waals surface area contributed by atoms with E-state index >= 15 is 0 Å². The van der Waals surface area contributed by atoms with Crippen molar-refractivity contribution in [1.82, 2.24) is 0 Å². The Morgan fingerprint density at radius 1 is 1.17 bits per heavy atom. The topological polar surface area (TPSA) is 66.4 Å². The summed E-state index contributed by atoms with van der Waals surface area (Å²) >= 11 is 5.80. The van der Waals surface area contributed by atoms with Crippen molar-refractivity contribution in [2.75, 3.05) is 5.32 Å². The van der Waals surface area contributed by atoms with Crippen LogP contribution in [0.5, 0.6) is 0 Å². The Morgan fingerprint density at radius 3 is 2.43 bits per heavy atom. The van der Waals surface area contributed by atoms with E-state index < -0.39 is 5.97 Å². The summed E-state index contributed by atoms with van der Waals surface area (Å²) < 4.78 is 0. The summed E-state index contributed by atoms with van der Waals surface area (Å²) in [6.45, 7) is 3.82. The zero-order valence-electron chi connectivity index (χ0n) is 13.0. The van der Waals surface area contributed by atoms with Crippen LogP contribution in [0.25, 0.3) is 0 Å². The monoisotopic (exact) mass is 331 g/mol. The minimum Gasteiger partial charge on any atom is -0.478 e.